The lowest BCUT2D eigenvalue weighted by Gasteiger charge is -2.08. The van der Waals surface area contributed by atoms with Crippen molar-refractivity contribution in [2.45, 2.75) is 19.7 Å². The van der Waals surface area contributed by atoms with Gasteiger partial charge in [0.25, 0.3) is 5.88 Å². The lowest BCUT2D eigenvalue weighted by Crippen LogP contribution is -2.20. The van der Waals surface area contributed by atoms with E-state index in [1.165, 1.54) is 19.3 Å². The molecular weight excluding hydrogens is 422 g/mol. The molecule has 162 valence electrons. The first-order valence-corrected chi connectivity index (χ1v) is 8.73. The number of hydrogen-bond donors (Lipinski definition) is 0. The van der Waals surface area contributed by atoms with Crippen molar-refractivity contribution in [2.24, 2.45) is 5.16 Å². The summed E-state index contributed by atoms with van der Waals surface area (Å²) in [5, 5.41) is 3.73. The minimum atomic E-state index is -4.50. The molecule has 0 spiro atoms. The van der Waals surface area contributed by atoms with Crippen molar-refractivity contribution in [3.63, 3.8) is 0 Å². The third kappa shape index (κ3) is 6.87. The standard InChI is InChI=1S/C19H15F4N5O3/c1-12(14-7-24-17(25-8-14)30-11-19(21,22)23)28-31-16-15(20)9-26-18(27-16)29-10-13-5-3-2-4-6-13/h2-9H,10-11H2,1H3/b28-12+. The molecule has 3 rings (SSSR count). The Bertz CT molecular complexity index is 1030. The molecule has 0 aliphatic carbocycles. The van der Waals surface area contributed by atoms with Crippen molar-refractivity contribution in [2.75, 3.05) is 6.61 Å². The van der Waals surface area contributed by atoms with Gasteiger partial charge < -0.3 is 14.3 Å². The third-order valence-electron chi connectivity index (χ3n) is 3.58. The molecular formula is C19H15F4N5O3. The second-order valence-corrected chi connectivity index (χ2v) is 6.01. The van der Waals surface area contributed by atoms with Crippen LogP contribution >= 0.6 is 0 Å². The summed E-state index contributed by atoms with van der Waals surface area (Å²) in [7, 11) is 0. The van der Waals surface area contributed by atoms with Crippen LogP contribution in [0.4, 0.5) is 17.6 Å². The number of rotatable bonds is 8. The Morgan fingerprint density at radius 3 is 2.32 bits per heavy atom. The maximum atomic E-state index is 13.9. The summed E-state index contributed by atoms with van der Waals surface area (Å²) >= 11 is 0. The van der Waals surface area contributed by atoms with E-state index < -0.39 is 30.5 Å². The molecule has 12 heteroatoms. The number of hydrogen-bond acceptors (Lipinski definition) is 8. The van der Waals surface area contributed by atoms with Crippen LogP contribution in [0.1, 0.15) is 18.1 Å². The average molecular weight is 437 g/mol. The van der Waals surface area contributed by atoms with Crippen LogP contribution in [0.3, 0.4) is 0 Å². The van der Waals surface area contributed by atoms with Gasteiger partial charge in [-0.25, -0.2) is 15.0 Å². The van der Waals surface area contributed by atoms with Gasteiger partial charge in [0, 0.05) is 18.0 Å². The van der Waals surface area contributed by atoms with Gasteiger partial charge in [0.1, 0.15) is 6.61 Å². The van der Waals surface area contributed by atoms with E-state index in [0.717, 1.165) is 11.8 Å². The summed E-state index contributed by atoms with van der Waals surface area (Å²) in [4.78, 5) is 19.9. The zero-order valence-electron chi connectivity index (χ0n) is 16.0. The Kier molecular flexibility index (Phi) is 6.90. The molecule has 0 unspecified atom stereocenters. The van der Waals surface area contributed by atoms with Crippen LogP contribution in [0, 0.1) is 5.82 Å². The smallest absolute Gasteiger partial charge is 0.422 e. The first-order chi connectivity index (χ1) is 14.8. The number of aromatic nitrogens is 4. The van der Waals surface area contributed by atoms with Gasteiger partial charge in [0.15, 0.2) is 6.61 Å². The summed E-state index contributed by atoms with van der Waals surface area (Å²) in [5.74, 6) is -1.33. The fourth-order valence-corrected chi connectivity index (χ4v) is 2.08. The lowest BCUT2D eigenvalue weighted by atomic mass is 10.2. The van der Waals surface area contributed by atoms with Gasteiger partial charge in [-0.05, 0) is 12.5 Å². The average Bonchev–Trinajstić information content (AvgIpc) is 2.76. The van der Waals surface area contributed by atoms with Crippen LogP contribution < -0.4 is 14.3 Å². The molecule has 0 saturated heterocycles. The number of oxime groups is 1. The van der Waals surface area contributed by atoms with Crippen molar-refractivity contribution < 1.29 is 31.9 Å². The third-order valence-corrected chi connectivity index (χ3v) is 3.58. The SMILES string of the molecule is C/C(=N\Oc1nc(OCc2ccccc2)ncc1F)c1cnc(OCC(F)(F)F)nc1. The largest absolute Gasteiger partial charge is 0.459 e. The first-order valence-electron chi connectivity index (χ1n) is 8.73. The number of nitrogens with zero attached hydrogens (tertiary/aromatic N) is 5. The predicted molar refractivity (Wildman–Crippen MR) is 99.2 cm³/mol. The molecule has 3 aromatic rings. The highest BCUT2D eigenvalue weighted by Crippen LogP contribution is 2.18. The molecule has 0 saturated carbocycles. The van der Waals surface area contributed by atoms with Crippen LogP contribution in [-0.4, -0.2) is 38.4 Å². The fourth-order valence-electron chi connectivity index (χ4n) is 2.08. The van der Waals surface area contributed by atoms with E-state index >= 15 is 0 Å². The van der Waals surface area contributed by atoms with Crippen molar-refractivity contribution in [1.29, 1.82) is 0 Å². The normalized spacial score (nSPS) is 11.8. The zero-order valence-corrected chi connectivity index (χ0v) is 16.0. The molecule has 0 bridgehead atoms. The van der Waals surface area contributed by atoms with E-state index in [9.17, 15) is 17.6 Å². The second-order valence-electron chi connectivity index (χ2n) is 6.01. The maximum absolute atomic E-state index is 13.9. The Balaban J connectivity index is 1.62. The van der Waals surface area contributed by atoms with Gasteiger partial charge in [-0.1, -0.05) is 35.5 Å². The number of ether oxygens (including phenoxy) is 2. The lowest BCUT2D eigenvalue weighted by molar-refractivity contribution is -0.154. The predicted octanol–water partition coefficient (Wildman–Crippen LogP) is 3.73. The molecule has 1 aromatic carbocycles. The van der Waals surface area contributed by atoms with E-state index in [-0.39, 0.29) is 18.3 Å². The van der Waals surface area contributed by atoms with Gasteiger partial charge in [-0.2, -0.15) is 22.5 Å². The molecule has 8 nitrogen and oxygen atoms in total. The van der Waals surface area contributed by atoms with Crippen molar-refractivity contribution in [3.8, 4) is 17.9 Å². The number of benzene rings is 1. The monoisotopic (exact) mass is 437 g/mol. The van der Waals surface area contributed by atoms with E-state index in [2.05, 4.69) is 29.8 Å². The van der Waals surface area contributed by atoms with Crippen molar-refractivity contribution in [3.05, 3.63) is 65.9 Å². The summed E-state index contributed by atoms with van der Waals surface area (Å²) in [6.45, 7) is 0.166. The van der Waals surface area contributed by atoms with E-state index in [1.807, 2.05) is 30.3 Å². The van der Waals surface area contributed by atoms with Crippen LogP contribution in [0.2, 0.25) is 0 Å². The van der Waals surface area contributed by atoms with Crippen molar-refractivity contribution >= 4 is 5.71 Å². The Morgan fingerprint density at radius 2 is 1.65 bits per heavy atom. The van der Waals surface area contributed by atoms with E-state index in [1.54, 1.807) is 0 Å². The van der Waals surface area contributed by atoms with Crippen LogP contribution in [0.5, 0.6) is 17.9 Å². The second kappa shape index (κ2) is 9.78. The topological polar surface area (TPSA) is 91.6 Å². The van der Waals surface area contributed by atoms with E-state index in [4.69, 9.17) is 9.57 Å². The summed E-state index contributed by atoms with van der Waals surface area (Å²) < 4.78 is 60.2. The summed E-state index contributed by atoms with van der Waals surface area (Å²) in [6, 6.07) is 8.67. The molecule has 2 aromatic heterocycles. The Morgan fingerprint density at radius 1 is 0.968 bits per heavy atom. The number of halogens is 4. The highest BCUT2D eigenvalue weighted by Gasteiger charge is 2.28. The number of alkyl halides is 3. The molecule has 0 N–H and O–H groups in total. The molecule has 31 heavy (non-hydrogen) atoms. The van der Waals surface area contributed by atoms with Crippen LogP contribution in [0.25, 0.3) is 0 Å². The van der Waals surface area contributed by atoms with Crippen LogP contribution in [-0.2, 0) is 6.61 Å². The molecule has 2 heterocycles. The molecule has 0 amide bonds. The van der Waals surface area contributed by atoms with Crippen molar-refractivity contribution in [1.82, 2.24) is 19.9 Å². The van der Waals surface area contributed by atoms with Gasteiger partial charge >= 0.3 is 18.2 Å². The van der Waals surface area contributed by atoms with Gasteiger partial charge in [0.05, 0.1) is 11.9 Å². The molecule has 0 aliphatic rings. The molecule has 0 radical (unpaired) electrons. The maximum Gasteiger partial charge on any atom is 0.422 e. The Hall–Kier alpha value is -3.83. The molecule has 0 fully saturated rings. The Labute approximate surface area is 173 Å². The quantitative estimate of drug-likeness (QED) is 0.301. The minimum absolute atomic E-state index is 0.109. The summed E-state index contributed by atoms with van der Waals surface area (Å²) in [5.41, 5.74) is 1.40. The summed E-state index contributed by atoms with van der Waals surface area (Å²) in [6.07, 6.45) is -1.25. The van der Waals surface area contributed by atoms with Crippen LogP contribution in [0.15, 0.2) is 54.1 Å². The van der Waals surface area contributed by atoms with Gasteiger partial charge in [0.2, 0.25) is 5.82 Å². The minimum Gasteiger partial charge on any atom is -0.459 e. The van der Waals surface area contributed by atoms with Gasteiger partial charge in [-0.15, -0.1) is 0 Å². The molecule has 0 atom stereocenters. The molecule has 0 aliphatic heterocycles. The highest BCUT2D eigenvalue weighted by atomic mass is 19.4. The highest BCUT2D eigenvalue weighted by molar-refractivity contribution is 5.97. The zero-order chi connectivity index (χ0) is 22.3. The van der Waals surface area contributed by atoms with E-state index in [0.29, 0.717) is 5.56 Å². The fraction of sp³-hybridized carbons (Fsp3) is 0.211. The van der Waals surface area contributed by atoms with Gasteiger partial charge in [-0.3, -0.25) is 0 Å². The first kappa shape index (κ1) is 21.9.